The molecule has 1 atom stereocenters. The molecule has 9 heteroatoms. The van der Waals surface area contributed by atoms with Crippen molar-refractivity contribution in [2.24, 2.45) is 4.99 Å². The standard InChI is InChI=1S/C19H24F3N5S/c1-13(14-6-5-7-15(10-14)27-8-3-4-9-27)25-18(23-2)24-11-17-26-16(12-28-17)19(20,21)22/h5-7,10,12-13H,3-4,8-9,11H2,1-2H3,(H2,23,24,25). The average molecular weight is 411 g/mol. The van der Waals surface area contributed by atoms with Gasteiger partial charge in [0.25, 0.3) is 0 Å². The summed E-state index contributed by atoms with van der Waals surface area (Å²) >= 11 is 0.978. The second-order valence-electron chi connectivity index (χ2n) is 6.71. The molecule has 1 unspecified atom stereocenters. The lowest BCUT2D eigenvalue weighted by molar-refractivity contribution is -0.140. The fourth-order valence-corrected chi connectivity index (χ4v) is 3.87. The largest absolute Gasteiger partial charge is 0.434 e. The molecular weight excluding hydrogens is 387 g/mol. The highest BCUT2D eigenvalue weighted by molar-refractivity contribution is 7.09. The van der Waals surface area contributed by atoms with Crippen LogP contribution in [0.5, 0.6) is 0 Å². The van der Waals surface area contributed by atoms with Crippen molar-refractivity contribution in [1.29, 1.82) is 0 Å². The number of aliphatic imine (C=N–C) groups is 1. The lowest BCUT2D eigenvalue weighted by Gasteiger charge is -2.22. The van der Waals surface area contributed by atoms with Gasteiger partial charge in [0.05, 0.1) is 12.6 Å². The van der Waals surface area contributed by atoms with E-state index < -0.39 is 11.9 Å². The Morgan fingerprint density at radius 1 is 1.32 bits per heavy atom. The van der Waals surface area contributed by atoms with Gasteiger partial charge < -0.3 is 15.5 Å². The van der Waals surface area contributed by atoms with Crippen molar-refractivity contribution >= 4 is 23.0 Å². The fourth-order valence-electron chi connectivity index (χ4n) is 3.13. The van der Waals surface area contributed by atoms with Crippen molar-refractivity contribution in [2.45, 2.75) is 38.5 Å². The summed E-state index contributed by atoms with van der Waals surface area (Å²) in [6.07, 6.45) is -1.97. The minimum Gasteiger partial charge on any atom is -0.372 e. The normalized spacial score (nSPS) is 16.3. The van der Waals surface area contributed by atoms with Gasteiger partial charge in [0, 0.05) is 31.2 Å². The van der Waals surface area contributed by atoms with E-state index >= 15 is 0 Å². The first kappa shape index (κ1) is 20.4. The Morgan fingerprint density at radius 2 is 2.07 bits per heavy atom. The minimum atomic E-state index is -4.41. The van der Waals surface area contributed by atoms with Gasteiger partial charge in [-0.2, -0.15) is 13.2 Å². The average Bonchev–Trinajstić information content (AvgIpc) is 3.36. The number of rotatable bonds is 5. The summed E-state index contributed by atoms with van der Waals surface area (Å²) in [5, 5.41) is 7.70. The molecule has 1 fully saturated rings. The van der Waals surface area contributed by atoms with Crippen molar-refractivity contribution in [3.8, 4) is 0 Å². The van der Waals surface area contributed by atoms with Crippen LogP contribution in [-0.2, 0) is 12.7 Å². The van der Waals surface area contributed by atoms with Crippen LogP contribution < -0.4 is 15.5 Å². The van der Waals surface area contributed by atoms with Crippen molar-refractivity contribution in [2.75, 3.05) is 25.0 Å². The number of thiazole rings is 1. The van der Waals surface area contributed by atoms with Crippen molar-refractivity contribution in [3.05, 3.63) is 45.9 Å². The molecule has 2 N–H and O–H groups in total. The van der Waals surface area contributed by atoms with Gasteiger partial charge in [-0.25, -0.2) is 4.98 Å². The number of aromatic nitrogens is 1. The van der Waals surface area contributed by atoms with Crippen molar-refractivity contribution in [3.63, 3.8) is 0 Å². The molecule has 1 aromatic carbocycles. The summed E-state index contributed by atoms with van der Waals surface area (Å²) < 4.78 is 38.0. The van der Waals surface area contributed by atoms with Crippen LogP contribution in [0.1, 0.15) is 42.1 Å². The summed E-state index contributed by atoms with van der Waals surface area (Å²) in [5.74, 6) is 0.517. The summed E-state index contributed by atoms with van der Waals surface area (Å²) in [4.78, 5) is 10.2. The zero-order valence-electron chi connectivity index (χ0n) is 15.9. The highest BCUT2D eigenvalue weighted by Crippen LogP contribution is 2.30. The molecule has 28 heavy (non-hydrogen) atoms. The maximum atomic E-state index is 12.7. The van der Waals surface area contributed by atoms with Crippen LogP contribution >= 0.6 is 11.3 Å². The highest BCUT2D eigenvalue weighted by atomic mass is 32.1. The van der Waals surface area contributed by atoms with Gasteiger partial charge in [0.1, 0.15) is 5.01 Å². The van der Waals surface area contributed by atoms with Crippen LogP contribution in [-0.4, -0.2) is 31.1 Å². The molecule has 1 aliphatic heterocycles. The summed E-state index contributed by atoms with van der Waals surface area (Å²) in [5.41, 5.74) is 1.49. The molecule has 152 valence electrons. The highest BCUT2D eigenvalue weighted by Gasteiger charge is 2.33. The fraction of sp³-hybridized carbons (Fsp3) is 0.474. The van der Waals surface area contributed by atoms with Crippen LogP contribution in [0.2, 0.25) is 0 Å². The molecule has 2 heterocycles. The molecule has 0 radical (unpaired) electrons. The number of anilines is 1. The van der Waals surface area contributed by atoms with Gasteiger partial charge in [0.2, 0.25) is 0 Å². The van der Waals surface area contributed by atoms with Crippen molar-refractivity contribution < 1.29 is 13.2 Å². The summed E-state index contributed by atoms with van der Waals surface area (Å²) in [6, 6.07) is 8.39. The van der Waals surface area contributed by atoms with Gasteiger partial charge >= 0.3 is 6.18 Å². The Balaban J connectivity index is 1.58. The molecule has 2 aromatic rings. The number of nitrogens with one attached hydrogen (secondary N) is 2. The monoisotopic (exact) mass is 411 g/mol. The molecule has 0 amide bonds. The number of hydrogen-bond acceptors (Lipinski definition) is 4. The van der Waals surface area contributed by atoms with Gasteiger partial charge in [-0.3, -0.25) is 4.99 Å². The van der Waals surface area contributed by atoms with E-state index in [9.17, 15) is 13.2 Å². The third-order valence-corrected chi connectivity index (χ3v) is 5.52. The first-order valence-electron chi connectivity index (χ1n) is 9.20. The molecule has 1 aromatic heterocycles. The van der Waals surface area contributed by atoms with E-state index in [-0.39, 0.29) is 12.6 Å². The van der Waals surface area contributed by atoms with Gasteiger partial charge in [-0.15, -0.1) is 11.3 Å². The predicted octanol–water partition coefficient (Wildman–Crippen LogP) is 4.19. The van der Waals surface area contributed by atoms with Crippen LogP contribution in [0, 0.1) is 0 Å². The molecule has 1 saturated heterocycles. The topological polar surface area (TPSA) is 52.6 Å². The van der Waals surface area contributed by atoms with E-state index in [4.69, 9.17) is 0 Å². The quantitative estimate of drug-likeness (QED) is 0.572. The molecule has 1 aliphatic rings. The van der Waals surface area contributed by atoms with Crippen LogP contribution in [0.3, 0.4) is 0 Å². The number of hydrogen-bond donors (Lipinski definition) is 2. The van der Waals surface area contributed by atoms with Gasteiger partial charge in [-0.05, 0) is 37.5 Å². The predicted molar refractivity (Wildman–Crippen MR) is 107 cm³/mol. The maximum absolute atomic E-state index is 12.7. The van der Waals surface area contributed by atoms with Gasteiger partial charge in [0.15, 0.2) is 11.7 Å². The first-order chi connectivity index (χ1) is 13.4. The lowest BCUT2D eigenvalue weighted by atomic mass is 10.1. The smallest absolute Gasteiger partial charge is 0.372 e. The zero-order chi connectivity index (χ0) is 20.1. The SMILES string of the molecule is CN=C(NCc1nc(C(F)(F)F)cs1)NC(C)c1cccc(N2CCCC2)c1. The summed E-state index contributed by atoms with van der Waals surface area (Å²) in [6.45, 7) is 4.38. The van der Waals surface area contributed by atoms with E-state index in [0.29, 0.717) is 11.0 Å². The molecule has 0 bridgehead atoms. The van der Waals surface area contributed by atoms with E-state index in [1.807, 2.05) is 13.0 Å². The Hall–Kier alpha value is -2.29. The molecule has 0 saturated carbocycles. The number of nitrogens with zero attached hydrogens (tertiary/aromatic N) is 3. The van der Waals surface area contributed by atoms with E-state index in [2.05, 4.69) is 43.7 Å². The van der Waals surface area contributed by atoms with E-state index in [0.717, 1.165) is 35.4 Å². The Kier molecular flexibility index (Phi) is 6.43. The minimum absolute atomic E-state index is 0.00390. The Bertz CT molecular complexity index is 812. The number of benzene rings is 1. The van der Waals surface area contributed by atoms with E-state index in [1.54, 1.807) is 7.05 Å². The zero-order valence-corrected chi connectivity index (χ0v) is 16.7. The maximum Gasteiger partial charge on any atom is 0.434 e. The first-order valence-corrected chi connectivity index (χ1v) is 10.1. The number of alkyl halides is 3. The third-order valence-electron chi connectivity index (χ3n) is 4.67. The van der Waals surface area contributed by atoms with E-state index in [1.165, 1.54) is 18.5 Å². The lowest BCUT2D eigenvalue weighted by Crippen LogP contribution is -2.38. The molecule has 5 nitrogen and oxygen atoms in total. The molecule has 0 aliphatic carbocycles. The second-order valence-corrected chi connectivity index (χ2v) is 7.65. The molecule has 0 spiro atoms. The second kappa shape index (κ2) is 8.81. The van der Waals surface area contributed by atoms with Crippen LogP contribution in [0.15, 0.2) is 34.6 Å². The summed E-state index contributed by atoms with van der Waals surface area (Å²) in [7, 11) is 1.63. The molecular formula is C19H24F3N5S. The van der Waals surface area contributed by atoms with Crippen molar-refractivity contribution in [1.82, 2.24) is 15.6 Å². The van der Waals surface area contributed by atoms with Crippen LogP contribution in [0.4, 0.5) is 18.9 Å². The molecule has 3 rings (SSSR count). The van der Waals surface area contributed by atoms with Gasteiger partial charge in [-0.1, -0.05) is 12.1 Å². The number of guanidine groups is 1. The Labute approximate surface area is 166 Å². The third kappa shape index (κ3) is 5.15. The van der Waals surface area contributed by atoms with Crippen LogP contribution in [0.25, 0.3) is 0 Å². The Morgan fingerprint density at radius 3 is 2.71 bits per heavy atom. The number of halogens is 3.